The number of ether oxygens (including phenoxy) is 3. The molecule has 0 saturated heterocycles. The molecule has 7 nitrogen and oxygen atoms in total. The SMILES string of the molecule is C[C@@H]([NH3+])C(=O)Oc1ccc2c(=O)c(-c3ccc4c(c3)OCCO4)c(C(F)(F)F)oc2c1. The van der Waals surface area contributed by atoms with Crippen LogP contribution in [-0.2, 0) is 11.0 Å². The van der Waals surface area contributed by atoms with Gasteiger partial charge in [-0.1, -0.05) is 6.07 Å². The van der Waals surface area contributed by atoms with E-state index in [-0.39, 0.29) is 34.6 Å². The van der Waals surface area contributed by atoms with Crippen molar-refractivity contribution in [2.75, 3.05) is 13.2 Å². The van der Waals surface area contributed by atoms with E-state index in [4.69, 9.17) is 18.6 Å². The fourth-order valence-electron chi connectivity index (χ4n) is 3.11. The lowest BCUT2D eigenvalue weighted by molar-refractivity contribution is -0.401. The van der Waals surface area contributed by atoms with E-state index >= 15 is 0 Å². The highest BCUT2D eigenvalue weighted by Crippen LogP contribution is 2.40. The summed E-state index contributed by atoms with van der Waals surface area (Å²) in [5.41, 5.74) is 1.61. The van der Waals surface area contributed by atoms with Crippen LogP contribution in [0.1, 0.15) is 12.7 Å². The molecule has 4 rings (SSSR count). The van der Waals surface area contributed by atoms with Crippen LogP contribution in [0, 0.1) is 0 Å². The van der Waals surface area contributed by atoms with Gasteiger partial charge in [-0.2, -0.15) is 13.2 Å². The van der Waals surface area contributed by atoms with Crippen LogP contribution in [0.5, 0.6) is 17.2 Å². The Balaban J connectivity index is 1.90. The predicted molar refractivity (Wildman–Crippen MR) is 102 cm³/mol. The second kappa shape index (κ2) is 7.62. The van der Waals surface area contributed by atoms with E-state index in [0.717, 1.165) is 6.07 Å². The standard InChI is InChI=1S/C21H16F3NO6/c1-10(25)20(27)30-12-3-4-13-15(9-12)31-19(21(22,23)24)17(18(13)26)11-2-5-14-16(8-11)29-7-6-28-14/h2-5,8-10H,6-7,25H2,1H3/p+1/t10-/m1/s1. The van der Waals surface area contributed by atoms with E-state index in [2.05, 4.69) is 5.73 Å². The summed E-state index contributed by atoms with van der Waals surface area (Å²) in [4.78, 5) is 24.8. The van der Waals surface area contributed by atoms with Gasteiger partial charge in [-0.05, 0) is 36.8 Å². The summed E-state index contributed by atoms with van der Waals surface area (Å²) in [5, 5.41) is -0.0969. The molecule has 0 unspecified atom stereocenters. The smallest absolute Gasteiger partial charge is 0.450 e. The molecule has 1 aromatic heterocycles. The van der Waals surface area contributed by atoms with Crippen LogP contribution in [0.3, 0.4) is 0 Å². The molecule has 1 atom stereocenters. The molecule has 2 aromatic carbocycles. The largest absolute Gasteiger partial charge is 0.486 e. The van der Waals surface area contributed by atoms with Gasteiger partial charge in [-0.15, -0.1) is 0 Å². The Morgan fingerprint density at radius 2 is 1.81 bits per heavy atom. The van der Waals surface area contributed by atoms with Gasteiger partial charge in [-0.3, -0.25) is 4.79 Å². The second-order valence-corrected chi connectivity index (χ2v) is 6.97. The number of esters is 1. The molecule has 0 spiro atoms. The molecular weight excluding hydrogens is 419 g/mol. The van der Waals surface area contributed by atoms with E-state index < -0.39 is 34.9 Å². The minimum Gasteiger partial charge on any atom is -0.486 e. The van der Waals surface area contributed by atoms with E-state index in [9.17, 15) is 22.8 Å². The highest BCUT2D eigenvalue weighted by Gasteiger charge is 2.39. The van der Waals surface area contributed by atoms with E-state index in [1.54, 1.807) is 0 Å². The minimum atomic E-state index is -4.95. The molecule has 3 N–H and O–H groups in total. The molecule has 0 radical (unpaired) electrons. The maximum atomic E-state index is 13.8. The number of rotatable bonds is 3. The average Bonchev–Trinajstić information content (AvgIpc) is 2.72. The van der Waals surface area contributed by atoms with Crippen molar-refractivity contribution >= 4 is 16.9 Å². The van der Waals surface area contributed by atoms with Gasteiger partial charge in [0, 0.05) is 6.07 Å². The Bertz CT molecular complexity index is 1230. The monoisotopic (exact) mass is 436 g/mol. The molecule has 0 saturated carbocycles. The van der Waals surface area contributed by atoms with Gasteiger partial charge in [0.05, 0.1) is 10.9 Å². The Hall–Kier alpha value is -3.53. The zero-order valence-corrected chi connectivity index (χ0v) is 16.2. The van der Waals surface area contributed by atoms with Crippen LogP contribution >= 0.6 is 0 Å². The normalized spacial score (nSPS) is 14.4. The van der Waals surface area contributed by atoms with Gasteiger partial charge in [0.25, 0.3) is 0 Å². The van der Waals surface area contributed by atoms with Gasteiger partial charge >= 0.3 is 12.1 Å². The third-order valence-electron chi connectivity index (χ3n) is 4.57. The van der Waals surface area contributed by atoms with Gasteiger partial charge < -0.3 is 24.4 Å². The molecule has 2 heterocycles. The maximum absolute atomic E-state index is 13.8. The van der Waals surface area contributed by atoms with Crippen molar-refractivity contribution in [2.24, 2.45) is 0 Å². The Morgan fingerprint density at radius 3 is 2.48 bits per heavy atom. The van der Waals surface area contributed by atoms with Crippen LogP contribution in [0.25, 0.3) is 22.1 Å². The average molecular weight is 436 g/mol. The zero-order valence-electron chi connectivity index (χ0n) is 16.2. The molecule has 1 aliphatic rings. The summed E-state index contributed by atoms with van der Waals surface area (Å²) in [5.74, 6) is -1.58. The van der Waals surface area contributed by atoms with Crippen molar-refractivity contribution < 1.29 is 42.3 Å². The number of carbonyl (C=O) groups excluding carboxylic acids is 1. The van der Waals surface area contributed by atoms with Crippen LogP contribution in [0.2, 0.25) is 0 Å². The van der Waals surface area contributed by atoms with Crippen LogP contribution in [-0.4, -0.2) is 25.2 Å². The molecule has 10 heteroatoms. The van der Waals surface area contributed by atoms with E-state index in [0.29, 0.717) is 12.4 Å². The third-order valence-corrected chi connectivity index (χ3v) is 4.57. The van der Waals surface area contributed by atoms with Crippen molar-refractivity contribution in [3.05, 3.63) is 52.4 Å². The topological polar surface area (TPSA) is 103 Å². The van der Waals surface area contributed by atoms with E-state index in [1.165, 1.54) is 37.3 Å². The van der Waals surface area contributed by atoms with Crippen LogP contribution in [0.15, 0.2) is 45.6 Å². The number of hydrogen-bond donors (Lipinski definition) is 1. The number of benzene rings is 2. The van der Waals surface area contributed by atoms with Gasteiger partial charge in [0.2, 0.25) is 11.2 Å². The molecule has 3 aromatic rings. The first-order valence-electron chi connectivity index (χ1n) is 9.28. The Morgan fingerprint density at radius 1 is 1.10 bits per heavy atom. The van der Waals surface area contributed by atoms with Crippen molar-refractivity contribution in [1.29, 1.82) is 0 Å². The first-order valence-corrected chi connectivity index (χ1v) is 9.28. The lowest BCUT2D eigenvalue weighted by atomic mass is 10.0. The maximum Gasteiger partial charge on any atom is 0.450 e. The molecule has 0 aliphatic carbocycles. The molecule has 0 fully saturated rings. The summed E-state index contributed by atoms with van der Waals surface area (Å²) < 4.78 is 62.4. The molecular formula is C21H17F3NO6+. The Labute approximate surface area is 173 Å². The van der Waals surface area contributed by atoms with Crippen molar-refractivity contribution in [3.8, 4) is 28.4 Å². The van der Waals surface area contributed by atoms with E-state index in [1.807, 2.05) is 0 Å². The molecule has 162 valence electrons. The zero-order chi connectivity index (χ0) is 22.3. The molecule has 31 heavy (non-hydrogen) atoms. The number of halogens is 3. The van der Waals surface area contributed by atoms with Crippen LogP contribution < -0.4 is 25.4 Å². The number of carbonyl (C=O) groups is 1. The van der Waals surface area contributed by atoms with Gasteiger partial charge in [-0.25, -0.2) is 4.79 Å². The van der Waals surface area contributed by atoms with Crippen molar-refractivity contribution in [3.63, 3.8) is 0 Å². The fraction of sp³-hybridized carbons (Fsp3) is 0.238. The number of quaternary nitrogens is 1. The molecule has 0 bridgehead atoms. The van der Waals surface area contributed by atoms with Crippen molar-refractivity contribution in [1.82, 2.24) is 0 Å². The summed E-state index contributed by atoms with van der Waals surface area (Å²) >= 11 is 0. The first kappa shape index (κ1) is 20.7. The number of alkyl halides is 3. The number of hydrogen-bond acceptors (Lipinski definition) is 6. The lowest BCUT2D eigenvalue weighted by Crippen LogP contribution is -2.64. The van der Waals surface area contributed by atoms with Crippen molar-refractivity contribution in [2.45, 2.75) is 19.1 Å². The summed E-state index contributed by atoms with van der Waals surface area (Å²) in [6.07, 6.45) is -4.95. The third kappa shape index (κ3) is 3.93. The highest BCUT2D eigenvalue weighted by atomic mass is 19.4. The predicted octanol–water partition coefficient (Wildman–Crippen LogP) is 2.79. The van der Waals surface area contributed by atoms with Crippen LogP contribution in [0.4, 0.5) is 13.2 Å². The summed E-state index contributed by atoms with van der Waals surface area (Å²) in [7, 11) is 0. The molecule has 1 aliphatic heterocycles. The van der Waals surface area contributed by atoms with Gasteiger partial charge in [0.15, 0.2) is 17.5 Å². The lowest BCUT2D eigenvalue weighted by Gasteiger charge is -2.19. The molecule has 0 amide bonds. The number of fused-ring (bicyclic) bond motifs is 2. The Kier molecular flexibility index (Phi) is 5.10. The highest BCUT2D eigenvalue weighted by molar-refractivity contribution is 5.85. The second-order valence-electron chi connectivity index (χ2n) is 6.97. The fourth-order valence-corrected chi connectivity index (χ4v) is 3.11. The summed E-state index contributed by atoms with van der Waals surface area (Å²) in [6, 6.07) is 7.03. The summed E-state index contributed by atoms with van der Waals surface area (Å²) in [6.45, 7) is 2.06. The quantitative estimate of drug-likeness (QED) is 0.500. The first-order chi connectivity index (χ1) is 14.6. The minimum absolute atomic E-state index is 0.0198. The van der Waals surface area contributed by atoms with Gasteiger partial charge in [0.1, 0.15) is 24.5 Å².